The molecule has 0 saturated carbocycles. The first-order chi connectivity index (χ1) is 19.4. The maximum Gasteiger partial charge on any atom is 0.413 e. The number of ether oxygens (including phenoxy) is 3. The first-order valence-corrected chi connectivity index (χ1v) is 12.5. The van der Waals surface area contributed by atoms with Gasteiger partial charge >= 0.3 is 6.09 Å². The van der Waals surface area contributed by atoms with E-state index in [9.17, 15) is 4.79 Å². The topological polar surface area (TPSA) is 205 Å². The van der Waals surface area contributed by atoms with Crippen LogP contribution < -0.4 is 26.3 Å². The molecule has 0 radical (unpaired) electrons. The molecule has 1 amide bonds. The highest BCUT2D eigenvalue weighted by molar-refractivity contribution is 6.04. The molecule has 3 aromatic rings. The van der Waals surface area contributed by atoms with E-state index in [1.807, 2.05) is 30.3 Å². The number of carbonyl (C=O) groups excluding carboxylic acids is 1. The van der Waals surface area contributed by atoms with E-state index in [0.29, 0.717) is 49.6 Å². The van der Waals surface area contributed by atoms with Gasteiger partial charge in [-0.15, -0.1) is 0 Å². The Morgan fingerprint density at radius 1 is 0.875 bits per heavy atom. The number of azide groups is 1. The second-order valence-corrected chi connectivity index (χ2v) is 8.17. The summed E-state index contributed by atoms with van der Waals surface area (Å²) < 4.78 is 16.0. The molecule has 12 heteroatoms. The van der Waals surface area contributed by atoms with Gasteiger partial charge in [0.2, 0.25) is 0 Å². The van der Waals surface area contributed by atoms with Crippen LogP contribution in [0.4, 0.5) is 4.79 Å². The number of amides is 1. The number of nitrogens with two attached hydrogens (primary N) is 2. The number of hydrogen-bond acceptors (Lipinski definition) is 8. The molecule has 12 nitrogen and oxygen atoms in total. The van der Waals surface area contributed by atoms with Crippen LogP contribution in [0.2, 0.25) is 0 Å². The van der Waals surface area contributed by atoms with Crippen LogP contribution in [-0.2, 0) is 11.3 Å². The van der Waals surface area contributed by atoms with E-state index < -0.39 is 6.09 Å². The van der Waals surface area contributed by atoms with Crippen molar-refractivity contribution in [2.75, 3.05) is 26.3 Å². The number of hydrogen-bond donors (Lipinski definition) is 5. The van der Waals surface area contributed by atoms with E-state index >= 15 is 0 Å². The van der Waals surface area contributed by atoms with Gasteiger partial charge in [0.25, 0.3) is 0 Å². The smallest absolute Gasteiger partial charge is 0.413 e. The number of rotatable bonds is 13. The molecule has 3 aromatic carbocycles. The molecule has 0 saturated heterocycles. The van der Waals surface area contributed by atoms with Crippen molar-refractivity contribution >= 4 is 17.8 Å². The van der Waals surface area contributed by atoms with Crippen LogP contribution in [0.5, 0.6) is 11.5 Å². The minimum Gasteiger partial charge on any atom is -0.494 e. The Kier molecular flexibility index (Phi) is 14.2. The second kappa shape index (κ2) is 18.2. The minimum atomic E-state index is -0.683. The number of carbonyl (C=O) groups is 1. The molecule has 0 unspecified atom stereocenters. The van der Waals surface area contributed by atoms with Gasteiger partial charge in [-0.2, -0.15) is 0 Å². The highest BCUT2D eigenvalue weighted by Gasteiger charge is 2.08. The van der Waals surface area contributed by atoms with E-state index in [0.717, 1.165) is 17.7 Å². The lowest BCUT2D eigenvalue weighted by atomic mass is 10.2. The number of benzene rings is 3. The Hall–Kier alpha value is -5.06. The first kappa shape index (κ1) is 31.2. The number of nitrogen functional groups attached to an aromatic ring is 1. The molecule has 40 heavy (non-hydrogen) atoms. The molecule has 0 aliphatic rings. The zero-order valence-corrected chi connectivity index (χ0v) is 22.1. The van der Waals surface area contributed by atoms with E-state index in [2.05, 4.69) is 15.3 Å². The fraction of sp³-hybridized carbons (Fsp3) is 0.250. The van der Waals surface area contributed by atoms with Crippen molar-refractivity contribution in [2.45, 2.75) is 19.4 Å². The van der Waals surface area contributed by atoms with Gasteiger partial charge in [-0.1, -0.05) is 35.4 Å². The highest BCUT2D eigenvalue weighted by Crippen LogP contribution is 2.13. The quantitative estimate of drug-likeness (QED) is 0.0512. The molecular weight excluding hydrogens is 512 g/mol. The monoisotopic (exact) mass is 546 g/mol. The summed E-state index contributed by atoms with van der Waals surface area (Å²) >= 11 is 0. The normalized spacial score (nSPS) is 9.72. The van der Waals surface area contributed by atoms with Gasteiger partial charge in [0.05, 0.1) is 13.2 Å². The fourth-order valence-corrected chi connectivity index (χ4v) is 3.03. The number of amidine groups is 2. The van der Waals surface area contributed by atoms with Crippen LogP contribution in [0.3, 0.4) is 0 Å². The summed E-state index contributed by atoms with van der Waals surface area (Å²) in [5.41, 5.74) is 20.9. The maximum absolute atomic E-state index is 11.8. The predicted octanol–water partition coefficient (Wildman–Crippen LogP) is 4.72. The third-order valence-corrected chi connectivity index (χ3v) is 5.10. The van der Waals surface area contributed by atoms with E-state index in [1.54, 1.807) is 48.5 Å². The summed E-state index contributed by atoms with van der Waals surface area (Å²) in [7, 11) is 0. The molecule has 0 heterocycles. The minimum absolute atomic E-state index is 0.0574. The molecule has 0 aliphatic carbocycles. The number of alkyl carbamates (subject to hydrolysis) is 1. The molecule has 7 N–H and O–H groups in total. The standard InChI is InChI=1S/C18H19N5O3.C10H15N3O/c19-17(22-18(24)26-13-14-5-2-1-3-6-14)15-7-9-16(10-8-15)25-12-4-11-21-23-20;11-6-1-7-14-9-4-2-8(3-5-9)10(12)13/h1-3,5-10H,4,11-13H2,(H2,19,22,24);2-5H,1,6-7,11H2,(H3,12,13). The molecule has 0 aromatic heterocycles. The molecule has 0 atom stereocenters. The lowest BCUT2D eigenvalue weighted by Crippen LogP contribution is -2.30. The summed E-state index contributed by atoms with van der Waals surface area (Å²) in [5.74, 6) is 1.43. The summed E-state index contributed by atoms with van der Waals surface area (Å²) in [5, 5.41) is 20.9. The molecule has 0 fully saturated rings. The first-order valence-electron chi connectivity index (χ1n) is 12.5. The van der Waals surface area contributed by atoms with Crippen molar-refractivity contribution in [2.24, 2.45) is 16.6 Å². The average molecular weight is 547 g/mol. The van der Waals surface area contributed by atoms with Crippen LogP contribution in [0.15, 0.2) is 84.0 Å². The zero-order chi connectivity index (χ0) is 29.0. The van der Waals surface area contributed by atoms with Gasteiger partial charge in [0.15, 0.2) is 0 Å². The molecule has 0 spiro atoms. The van der Waals surface area contributed by atoms with Crippen molar-refractivity contribution in [3.63, 3.8) is 0 Å². The Labute approximate surface area is 232 Å². The van der Waals surface area contributed by atoms with Crippen molar-refractivity contribution in [3.8, 4) is 11.5 Å². The lowest BCUT2D eigenvalue weighted by Gasteiger charge is -2.09. The predicted molar refractivity (Wildman–Crippen MR) is 154 cm³/mol. The van der Waals surface area contributed by atoms with E-state index in [4.69, 9.17) is 42.0 Å². The summed E-state index contributed by atoms with van der Waals surface area (Å²) in [6, 6.07) is 23.2. The Balaban J connectivity index is 0.000000337. The maximum atomic E-state index is 11.8. The highest BCUT2D eigenvalue weighted by atomic mass is 16.5. The SMILES string of the molecule is N=C(N)c1ccc(OCCCN)cc1.[N-]=[N+]=NCCCOc1ccc(C(=N)NC(=O)OCc2ccccc2)cc1. The van der Waals surface area contributed by atoms with Crippen molar-refractivity contribution in [3.05, 3.63) is 106 Å². The Bertz CT molecular complexity index is 1250. The van der Waals surface area contributed by atoms with E-state index in [-0.39, 0.29) is 18.3 Å². The Morgan fingerprint density at radius 2 is 1.45 bits per heavy atom. The number of nitrogens with one attached hydrogen (secondary N) is 3. The van der Waals surface area contributed by atoms with Gasteiger partial charge in [-0.3, -0.25) is 16.1 Å². The van der Waals surface area contributed by atoms with Gasteiger partial charge in [-0.05, 0) is 79.0 Å². The van der Waals surface area contributed by atoms with Crippen LogP contribution in [0.1, 0.15) is 29.5 Å². The summed E-state index contributed by atoms with van der Waals surface area (Å²) in [4.78, 5) is 14.4. The second-order valence-electron chi connectivity index (χ2n) is 8.17. The fourth-order valence-electron chi connectivity index (χ4n) is 3.03. The van der Waals surface area contributed by atoms with Crippen molar-refractivity contribution in [1.29, 1.82) is 10.8 Å². The third-order valence-electron chi connectivity index (χ3n) is 5.10. The van der Waals surface area contributed by atoms with Crippen LogP contribution >= 0.6 is 0 Å². The van der Waals surface area contributed by atoms with Crippen LogP contribution in [-0.4, -0.2) is 44.1 Å². The van der Waals surface area contributed by atoms with Crippen LogP contribution in [0, 0.1) is 10.8 Å². The molecular formula is C28H34N8O4. The van der Waals surface area contributed by atoms with Gasteiger partial charge in [0.1, 0.15) is 29.8 Å². The third kappa shape index (κ3) is 12.5. The molecule has 3 rings (SSSR count). The van der Waals surface area contributed by atoms with Crippen molar-refractivity contribution < 1.29 is 19.0 Å². The van der Waals surface area contributed by atoms with Gasteiger partial charge in [-0.25, -0.2) is 4.79 Å². The molecule has 0 bridgehead atoms. The zero-order valence-electron chi connectivity index (χ0n) is 22.1. The average Bonchev–Trinajstić information content (AvgIpc) is 2.97. The molecule has 0 aliphatic heterocycles. The summed E-state index contributed by atoms with van der Waals surface area (Å²) in [6.07, 6.45) is 0.780. The largest absolute Gasteiger partial charge is 0.494 e. The van der Waals surface area contributed by atoms with Crippen molar-refractivity contribution in [1.82, 2.24) is 5.32 Å². The Morgan fingerprint density at radius 3 is 2.00 bits per heavy atom. The molecule has 210 valence electrons. The number of nitrogens with zero attached hydrogens (tertiary/aromatic N) is 3. The van der Waals surface area contributed by atoms with Gasteiger partial charge in [0, 0.05) is 22.6 Å². The van der Waals surface area contributed by atoms with Crippen LogP contribution in [0.25, 0.3) is 10.4 Å². The van der Waals surface area contributed by atoms with Gasteiger partial charge < -0.3 is 25.7 Å². The summed E-state index contributed by atoms with van der Waals surface area (Å²) in [6.45, 7) is 2.21. The lowest BCUT2D eigenvalue weighted by molar-refractivity contribution is 0.145. The van der Waals surface area contributed by atoms with E-state index in [1.165, 1.54) is 0 Å².